The lowest BCUT2D eigenvalue weighted by Crippen LogP contribution is -2.14. The predicted molar refractivity (Wildman–Crippen MR) is 84.3 cm³/mol. The van der Waals surface area contributed by atoms with Crippen LogP contribution in [-0.4, -0.2) is 17.6 Å². The molecule has 0 unspecified atom stereocenters. The SMILES string of the molecule is CCOc1ccccc1Oc1cc(Br)ccc1/C(N)=N/O. The number of hydrogen-bond donors (Lipinski definition) is 2. The van der Waals surface area contributed by atoms with Gasteiger partial charge in [0.25, 0.3) is 0 Å². The molecule has 0 aliphatic rings. The number of nitrogens with zero attached hydrogens (tertiary/aromatic N) is 1. The number of amidine groups is 1. The fourth-order valence-electron chi connectivity index (χ4n) is 1.77. The maximum absolute atomic E-state index is 8.86. The van der Waals surface area contributed by atoms with E-state index in [9.17, 15) is 0 Å². The molecule has 0 saturated heterocycles. The first-order valence-corrected chi connectivity index (χ1v) is 7.12. The van der Waals surface area contributed by atoms with Crippen molar-refractivity contribution in [3.05, 3.63) is 52.5 Å². The van der Waals surface area contributed by atoms with Crippen LogP contribution in [0.25, 0.3) is 0 Å². The highest BCUT2D eigenvalue weighted by atomic mass is 79.9. The second kappa shape index (κ2) is 6.99. The Morgan fingerprint density at radius 1 is 1.19 bits per heavy atom. The summed E-state index contributed by atoms with van der Waals surface area (Å²) in [5.41, 5.74) is 6.16. The zero-order valence-electron chi connectivity index (χ0n) is 11.4. The van der Waals surface area contributed by atoms with Crippen LogP contribution >= 0.6 is 15.9 Å². The van der Waals surface area contributed by atoms with Crippen LogP contribution in [0, 0.1) is 0 Å². The smallest absolute Gasteiger partial charge is 0.173 e. The Labute approximate surface area is 131 Å². The summed E-state index contributed by atoms with van der Waals surface area (Å²) in [5.74, 6) is 1.63. The normalized spacial score (nSPS) is 11.2. The summed E-state index contributed by atoms with van der Waals surface area (Å²) in [4.78, 5) is 0. The molecule has 0 atom stereocenters. The molecule has 0 fully saturated rings. The van der Waals surface area contributed by atoms with Gasteiger partial charge in [-0.15, -0.1) is 0 Å². The third-order valence-electron chi connectivity index (χ3n) is 2.70. The zero-order chi connectivity index (χ0) is 15.2. The summed E-state index contributed by atoms with van der Waals surface area (Å²) in [6, 6.07) is 12.6. The minimum Gasteiger partial charge on any atom is -0.490 e. The van der Waals surface area contributed by atoms with Gasteiger partial charge in [0.2, 0.25) is 0 Å². The van der Waals surface area contributed by atoms with E-state index in [0.717, 1.165) is 4.47 Å². The van der Waals surface area contributed by atoms with E-state index in [-0.39, 0.29) is 5.84 Å². The van der Waals surface area contributed by atoms with Crippen LogP contribution in [0.1, 0.15) is 12.5 Å². The Balaban J connectivity index is 2.42. The van der Waals surface area contributed by atoms with Gasteiger partial charge in [-0.05, 0) is 37.3 Å². The maximum Gasteiger partial charge on any atom is 0.173 e. The number of ether oxygens (including phenoxy) is 2. The Hall–Kier alpha value is -2.21. The average molecular weight is 351 g/mol. The van der Waals surface area contributed by atoms with Crippen LogP contribution in [0.4, 0.5) is 0 Å². The van der Waals surface area contributed by atoms with E-state index in [2.05, 4.69) is 21.1 Å². The number of benzene rings is 2. The Kier molecular flexibility index (Phi) is 5.05. The lowest BCUT2D eigenvalue weighted by molar-refractivity contribution is 0.317. The van der Waals surface area contributed by atoms with Crippen molar-refractivity contribution in [2.45, 2.75) is 6.92 Å². The van der Waals surface area contributed by atoms with E-state index < -0.39 is 0 Å². The highest BCUT2D eigenvalue weighted by Crippen LogP contribution is 2.34. The van der Waals surface area contributed by atoms with Crippen molar-refractivity contribution in [1.29, 1.82) is 0 Å². The lowest BCUT2D eigenvalue weighted by atomic mass is 10.2. The predicted octanol–water partition coefficient (Wildman–Crippen LogP) is 3.73. The highest BCUT2D eigenvalue weighted by molar-refractivity contribution is 9.10. The molecule has 0 aliphatic carbocycles. The third-order valence-corrected chi connectivity index (χ3v) is 3.19. The topological polar surface area (TPSA) is 77.1 Å². The Morgan fingerprint density at radius 3 is 2.57 bits per heavy atom. The molecule has 0 aromatic heterocycles. The van der Waals surface area contributed by atoms with Crippen molar-refractivity contribution in [1.82, 2.24) is 0 Å². The summed E-state index contributed by atoms with van der Waals surface area (Å²) >= 11 is 3.38. The van der Waals surface area contributed by atoms with Gasteiger partial charge >= 0.3 is 0 Å². The van der Waals surface area contributed by atoms with Crippen molar-refractivity contribution in [2.24, 2.45) is 10.9 Å². The molecule has 0 spiro atoms. The quantitative estimate of drug-likeness (QED) is 0.372. The summed E-state index contributed by atoms with van der Waals surface area (Å²) in [6.07, 6.45) is 0. The molecule has 6 heteroatoms. The number of rotatable bonds is 5. The first-order valence-electron chi connectivity index (χ1n) is 6.32. The van der Waals surface area contributed by atoms with E-state index in [1.807, 2.05) is 25.1 Å². The van der Waals surface area contributed by atoms with Crippen LogP contribution in [0.3, 0.4) is 0 Å². The van der Waals surface area contributed by atoms with Gasteiger partial charge in [0, 0.05) is 4.47 Å². The average Bonchev–Trinajstić information content (AvgIpc) is 2.49. The Bertz CT molecular complexity index is 659. The summed E-state index contributed by atoms with van der Waals surface area (Å²) in [6.45, 7) is 2.43. The van der Waals surface area contributed by atoms with Crippen LogP contribution in [-0.2, 0) is 0 Å². The molecular formula is C15H15BrN2O3. The lowest BCUT2D eigenvalue weighted by Gasteiger charge is -2.14. The van der Waals surface area contributed by atoms with Gasteiger partial charge in [-0.1, -0.05) is 33.2 Å². The van der Waals surface area contributed by atoms with Gasteiger partial charge in [0.1, 0.15) is 5.75 Å². The summed E-state index contributed by atoms with van der Waals surface area (Å²) in [5, 5.41) is 11.9. The van der Waals surface area contributed by atoms with Crippen LogP contribution in [0.15, 0.2) is 52.1 Å². The monoisotopic (exact) mass is 350 g/mol. The van der Waals surface area contributed by atoms with Gasteiger partial charge in [-0.3, -0.25) is 0 Å². The van der Waals surface area contributed by atoms with E-state index in [1.54, 1.807) is 24.3 Å². The number of nitrogens with two attached hydrogens (primary N) is 1. The standard InChI is InChI=1S/C15H15BrN2O3/c1-2-20-12-5-3-4-6-13(12)21-14-9-10(16)7-8-11(14)15(17)18-19/h3-9,19H,2H2,1H3,(H2,17,18). The maximum atomic E-state index is 8.86. The fraction of sp³-hybridized carbons (Fsp3) is 0.133. The van der Waals surface area contributed by atoms with E-state index >= 15 is 0 Å². The molecule has 0 heterocycles. The molecule has 5 nitrogen and oxygen atoms in total. The van der Waals surface area contributed by atoms with Gasteiger partial charge < -0.3 is 20.4 Å². The number of para-hydroxylation sites is 2. The number of halogens is 1. The second-order valence-electron chi connectivity index (χ2n) is 4.11. The van der Waals surface area contributed by atoms with Gasteiger partial charge in [-0.2, -0.15) is 0 Å². The van der Waals surface area contributed by atoms with Crippen LogP contribution in [0.2, 0.25) is 0 Å². The molecule has 0 amide bonds. The van der Waals surface area contributed by atoms with E-state index in [1.165, 1.54) is 0 Å². The van der Waals surface area contributed by atoms with Crippen molar-refractivity contribution in [3.63, 3.8) is 0 Å². The molecule has 0 saturated carbocycles. The summed E-state index contributed by atoms with van der Waals surface area (Å²) in [7, 11) is 0. The van der Waals surface area contributed by atoms with Gasteiger partial charge in [0.05, 0.1) is 12.2 Å². The van der Waals surface area contributed by atoms with Crippen molar-refractivity contribution in [3.8, 4) is 17.2 Å². The molecule has 0 bridgehead atoms. The third kappa shape index (κ3) is 3.66. The van der Waals surface area contributed by atoms with Crippen molar-refractivity contribution in [2.75, 3.05) is 6.61 Å². The van der Waals surface area contributed by atoms with Crippen LogP contribution < -0.4 is 15.2 Å². The van der Waals surface area contributed by atoms with Gasteiger partial charge in [-0.25, -0.2) is 0 Å². The van der Waals surface area contributed by atoms with Crippen molar-refractivity contribution < 1.29 is 14.7 Å². The summed E-state index contributed by atoms with van der Waals surface area (Å²) < 4.78 is 12.2. The minimum absolute atomic E-state index is 0.0219. The molecule has 21 heavy (non-hydrogen) atoms. The molecular weight excluding hydrogens is 336 g/mol. The van der Waals surface area contributed by atoms with E-state index in [4.69, 9.17) is 20.4 Å². The number of oxime groups is 1. The van der Waals surface area contributed by atoms with Gasteiger partial charge in [0.15, 0.2) is 17.3 Å². The first kappa shape index (κ1) is 15.2. The van der Waals surface area contributed by atoms with Crippen LogP contribution in [0.5, 0.6) is 17.2 Å². The zero-order valence-corrected chi connectivity index (χ0v) is 13.0. The molecule has 2 aromatic carbocycles. The van der Waals surface area contributed by atoms with Crippen molar-refractivity contribution >= 4 is 21.8 Å². The molecule has 2 aromatic rings. The molecule has 0 radical (unpaired) electrons. The molecule has 0 aliphatic heterocycles. The Morgan fingerprint density at radius 2 is 1.90 bits per heavy atom. The molecule has 3 N–H and O–H groups in total. The molecule has 110 valence electrons. The minimum atomic E-state index is -0.0219. The first-order chi connectivity index (χ1) is 10.2. The highest BCUT2D eigenvalue weighted by Gasteiger charge is 2.12. The van der Waals surface area contributed by atoms with E-state index in [0.29, 0.717) is 29.4 Å². The number of hydrogen-bond acceptors (Lipinski definition) is 4. The fourth-order valence-corrected chi connectivity index (χ4v) is 2.11. The molecule has 2 rings (SSSR count). The largest absolute Gasteiger partial charge is 0.490 e. The second-order valence-corrected chi connectivity index (χ2v) is 5.02.